The average molecular weight is 338 g/mol. The standard InChI is InChI=1S/C17H30N4O3/c1-2-3-4-5-6-7-8-9-10-11-12-21-15(18)14(19-13-22)16(23)20-17(21)24/h13H,2-12,18H2,1H3,(H,19,22)(H,20,23,24). The Labute approximate surface area is 142 Å². The monoisotopic (exact) mass is 338 g/mol. The van der Waals surface area contributed by atoms with Crippen LogP contribution in [0.15, 0.2) is 9.59 Å². The molecule has 136 valence electrons. The van der Waals surface area contributed by atoms with Gasteiger partial charge < -0.3 is 11.1 Å². The molecule has 1 aromatic rings. The Kier molecular flexibility index (Phi) is 9.56. The first-order chi connectivity index (χ1) is 11.6. The van der Waals surface area contributed by atoms with Gasteiger partial charge in [-0.1, -0.05) is 64.7 Å². The second-order valence-electron chi connectivity index (χ2n) is 6.12. The van der Waals surface area contributed by atoms with Gasteiger partial charge in [-0.05, 0) is 6.42 Å². The maximum absolute atomic E-state index is 11.8. The molecule has 0 aliphatic heterocycles. The van der Waals surface area contributed by atoms with Crippen LogP contribution in [0.1, 0.15) is 71.1 Å². The number of anilines is 2. The van der Waals surface area contributed by atoms with Crippen LogP contribution >= 0.6 is 0 Å². The van der Waals surface area contributed by atoms with E-state index >= 15 is 0 Å². The molecule has 24 heavy (non-hydrogen) atoms. The molecule has 0 aliphatic carbocycles. The number of amides is 1. The van der Waals surface area contributed by atoms with Gasteiger partial charge in [-0.2, -0.15) is 0 Å². The summed E-state index contributed by atoms with van der Waals surface area (Å²) in [4.78, 5) is 36.1. The first-order valence-corrected chi connectivity index (χ1v) is 8.94. The van der Waals surface area contributed by atoms with Crippen molar-refractivity contribution in [2.24, 2.45) is 0 Å². The highest BCUT2D eigenvalue weighted by Gasteiger charge is 2.11. The number of hydrogen-bond donors (Lipinski definition) is 3. The number of rotatable bonds is 13. The lowest BCUT2D eigenvalue weighted by Crippen LogP contribution is -2.34. The van der Waals surface area contributed by atoms with Crippen molar-refractivity contribution in [2.75, 3.05) is 11.1 Å². The summed E-state index contributed by atoms with van der Waals surface area (Å²) < 4.78 is 1.30. The zero-order valence-electron chi connectivity index (χ0n) is 14.6. The molecule has 0 radical (unpaired) electrons. The minimum atomic E-state index is -0.677. The van der Waals surface area contributed by atoms with Gasteiger partial charge in [0.05, 0.1) is 0 Å². The Morgan fingerprint density at radius 1 is 1.00 bits per heavy atom. The maximum atomic E-state index is 11.8. The molecule has 1 heterocycles. The van der Waals surface area contributed by atoms with Crippen LogP contribution in [0.4, 0.5) is 11.5 Å². The van der Waals surface area contributed by atoms with Crippen molar-refractivity contribution in [3.8, 4) is 0 Å². The number of nitrogens with zero attached hydrogens (tertiary/aromatic N) is 1. The Hall–Kier alpha value is -2.05. The third-order valence-corrected chi connectivity index (χ3v) is 4.18. The first-order valence-electron chi connectivity index (χ1n) is 8.94. The lowest BCUT2D eigenvalue weighted by Gasteiger charge is -2.11. The molecule has 1 rings (SSSR count). The predicted octanol–water partition coefficient (Wildman–Crippen LogP) is 2.61. The molecule has 0 atom stereocenters. The number of H-pyrrole nitrogens is 1. The summed E-state index contributed by atoms with van der Waals surface area (Å²) in [6, 6.07) is 0. The molecule has 0 unspecified atom stereocenters. The number of aromatic nitrogens is 2. The quantitative estimate of drug-likeness (QED) is 0.379. The second-order valence-corrected chi connectivity index (χ2v) is 6.12. The Balaban J connectivity index is 2.33. The van der Waals surface area contributed by atoms with Crippen LogP contribution in [0.5, 0.6) is 0 Å². The number of nitrogens with two attached hydrogens (primary N) is 1. The van der Waals surface area contributed by atoms with Crippen molar-refractivity contribution in [2.45, 2.75) is 77.7 Å². The van der Waals surface area contributed by atoms with Gasteiger partial charge in [0, 0.05) is 6.54 Å². The molecule has 0 saturated carbocycles. The molecule has 0 spiro atoms. The molecule has 0 aliphatic rings. The Bertz CT molecular complexity index is 607. The Morgan fingerprint density at radius 2 is 1.54 bits per heavy atom. The van der Waals surface area contributed by atoms with Gasteiger partial charge in [0.25, 0.3) is 5.56 Å². The zero-order chi connectivity index (χ0) is 17.8. The summed E-state index contributed by atoms with van der Waals surface area (Å²) in [7, 11) is 0. The van der Waals surface area contributed by atoms with Crippen LogP contribution in [0.25, 0.3) is 0 Å². The predicted molar refractivity (Wildman–Crippen MR) is 97.3 cm³/mol. The maximum Gasteiger partial charge on any atom is 0.330 e. The molecule has 1 aromatic heterocycles. The van der Waals surface area contributed by atoms with Gasteiger partial charge >= 0.3 is 5.69 Å². The van der Waals surface area contributed by atoms with Crippen molar-refractivity contribution in [3.05, 3.63) is 20.8 Å². The molecule has 7 heteroatoms. The number of nitrogen functional groups attached to an aromatic ring is 1. The van der Waals surface area contributed by atoms with E-state index in [-0.39, 0.29) is 11.5 Å². The van der Waals surface area contributed by atoms with Crippen LogP contribution in [0, 0.1) is 0 Å². The molecule has 0 saturated heterocycles. The van der Waals surface area contributed by atoms with Crippen molar-refractivity contribution in [1.82, 2.24) is 9.55 Å². The van der Waals surface area contributed by atoms with E-state index in [1.807, 2.05) is 0 Å². The summed E-state index contributed by atoms with van der Waals surface area (Å²) in [5.74, 6) is 0.00627. The normalized spacial score (nSPS) is 10.7. The van der Waals surface area contributed by atoms with Crippen molar-refractivity contribution in [3.63, 3.8) is 0 Å². The topological polar surface area (TPSA) is 110 Å². The van der Waals surface area contributed by atoms with Crippen LogP contribution in [-0.2, 0) is 11.3 Å². The van der Waals surface area contributed by atoms with Gasteiger partial charge in [0.2, 0.25) is 6.41 Å². The molecule has 7 nitrogen and oxygen atoms in total. The lowest BCUT2D eigenvalue weighted by molar-refractivity contribution is -0.105. The molecule has 0 bridgehead atoms. The summed E-state index contributed by atoms with van der Waals surface area (Å²) in [5, 5.41) is 2.24. The third kappa shape index (κ3) is 6.60. The Morgan fingerprint density at radius 3 is 2.08 bits per heavy atom. The van der Waals surface area contributed by atoms with E-state index in [1.165, 1.54) is 49.5 Å². The van der Waals surface area contributed by atoms with Gasteiger partial charge in [0.15, 0.2) is 0 Å². The fourth-order valence-electron chi connectivity index (χ4n) is 2.77. The van der Waals surface area contributed by atoms with E-state index in [0.29, 0.717) is 13.0 Å². The molecular weight excluding hydrogens is 308 g/mol. The zero-order valence-corrected chi connectivity index (χ0v) is 14.6. The van der Waals surface area contributed by atoms with Crippen LogP contribution in [0.2, 0.25) is 0 Å². The summed E-state index contributed by atoms with van der Waals surface area (Å²) in [6.45, 7) is 2.66. The highest BCUT2D eigenvalue weighted by atomic mass is 16.2. The van der Waals surface area contributed by atoms with E-state index in [0.717, 1.165) is 19.3 Å². The molecular formula is C17H30N4O3. The third-order valence-electron chi connectivity index (χ3n) is 4.18. The van der Waals surface area contributed by atoms with E-state index in [1.54, 1.807) is 0 Å². The van der Waals surface area contributed by atoms with E-state index in [4.69, 9.17) is 5.73 Å². The number of carbonyl (C=O) groups is 1. The number of carbonyl (C=O) groups excluding carboxylic acids is 1. The fraction of sp³-hybridized carbons (Fsp3) is 0.706. The first kappa shape index (κ1) is 20.0. The van der Waals surface area contributed by atoms with Crippen LogP contribution in [0.3, 0.4) is 0 Å². The van der Waals surface area contributed by atoms with Crippen LogP contribution < -0.4 is 22.3 Å². The molecule has 0 fully saturated rings. The number of nitrogens with one attached hydrogen (secondary N) is 2. The number of aromatic amines is 1. The van der Waals surface area contributed by atoms with E-state index < -0.39 is 11.2 Å². The summed E-state index contributed by atoms with van der Waals surface area (Å²) >= 11 is 0. The number of unbranched alkanes of at least 4 members (excludes halogenated alkanes) is 9. The van der Waals surface area contributed by atoms with Crippen molar-refractivity contribution < 1.29 is 4.79 Å². The average Bonchev–Trinajstić information content (AvgIpc) is 2.55. The van der Waals surface area contributed by atoms with Crippen molar-refractivity contribution >= 4 is 17.9 Å². The van der Waals surface area contributed by atoms with Gasteiger partial charge in [0.1, 0.15) is 11.5 Å². The summed E-state index contributed by atoms with van der Waals surface area (Å²) in [5.41, 5.74) is 4.53. The van der Waals surface area contributed by atoms with Crippen molar-refractivity contribution in [1.29, 1.82) is 0 Å². The van der Waals surface area contributed by atoms with Gasteiger partial charge in [-0.15, -0.1) is 0 Å². The minimum absolute atomic E-state index is 0.00627. The van der Waals surface area contributed by atoms with E-state index in [9.17, 15) is 14.4 Å². The molecule has 4 N–H and O–H groups in total. The molecule has 1 amide bonds. The van der Waals surface area contributed by atoms with Gasteiger partial charge in [-0.25, -0.2) is 4.79 Å². The minimum Gasteiger partial charge on any atom is -0.383 e. The van der Waals surface area contributed by atoms with E-state index in [2.05, 4.69) is 17.2 Å². The highest BCUT2D eigenvalue weighted by molar-refractivity contribution is 5.77. The fourth-order valence-corrected chi connectivity index (χ4v) is 2.77. The largest absolute Gasteiger partial charge is 0.383 e. The van der Waals surface area contributed by atoms with Gasteiger partial charge in [-0.3, -0.25) is 19.1 Å². The molecule has 0 aromatic carbocycles. The highest BCUT2D eigenvalue weighted by Crippen LogP contribution is 2.13. The lowest BCUT2D eigenvalue weighted by atomic mass is 10.1. The smallest absolute Gasteiger partial charge is 0.330 e. The number of hydrogen-bond acceptors (Lipinski definition) is 4. The van der Waals surface area contributed by atoms with Crippen LogP contribution in [-0.4, -0.2) is 16.0 Å². The second kappa shape index (κ2) is 11.5. The summed E-state index contributed by atoms with van der Waals surface area (Å²) in [6.07, 6.45) is 12.4. The SMILES string of the molecule is CCCCCCCCCCCCn1c(N)c(NC=O)c(=O)[nH]c1=O.